The van der Waals surface area contributed by atoms with Gasteiger partial charge in [-0.05, 0) is 36.5 Å². The van der Waals surface area contributed by atoms with E-state index in [1.165, 1.54) is 4.68 Å². The van der Waals surface area contributed by atoms with Gasteiger partial charge in [0.05, 0.1) is 0 Å². The second-order valence-electron chi connectivity index (χ2n) is 3.52. The first-order chi connectivity index (χ1) is 7.54. The lowest BCUT2D eigenvalue weighted by Crippen LogP contribution is -2.02. The smallest absolute Gasteiger partial charge is 0.352 e. The number of rotatable bonds is 2. The van der Waals surface area contributed by atoms with Gasteiger partial charge in [-0.15, -0.1) is 4.68 Å². The van der Waals surface area contributed by atoms with Crippen molar-refractivity contribution >= 4 is 32.7 Å². The van der Waals surface area contributed by atoms with E-state index in [1.54, 1.807) is 6.07 Å². The zero-order valence-corrected chi connectivity index (χ0v) is 10.5. The maximum Gasteiger partial charge on any atom is 0.352 e. The minimum absolute atomic E-state index is 0.0573. The van der Waals surface area contributed by atoms with Gasteiger partial charge in [-0.1, -0.05) is 21.0 Å². The molecule has 0 N–H and O–H groups in total. The standard InChI is InChI=1S/C10H10BrN3O2/c1-3-13-10(14(15)16)8-5-7(11)4-6(2)9(8)12-13/h4-5H,3H2,1-2H3. The highest BCUT2D eigenvalue weighted by molar-refractivity contribution is 9.10. The van der Waals surface area contributed by atoms with Crippen LogP contribution in [0.15, 0.2) is 16.6 Å². The highest BCUT2D eigenvalue weighted by Crippen LogP contribution is 2.30. The molecule has 0 bridgehead atoms. The highest BCUT2D eigenvalue weighted by Gasteiger charge is 2.22. The Kier molecular flexibility index (Phi) is 2.67. The molecule has 5 nitrogen and oxygen atoms in total. The molecule has 0 atom stereocenters. The van der Waals surface area contributed by atoms with Crippen LogP contribution in [-0.2, 0) is 6.54 Å². The first kappa shape index (κ1) is 11.1. The number of fused-ring (bicyclic) bond motifs is 1. The summed E-state index contributed by atoms with van der Waals surface area (Å²) in [4.78, 5) is 10.6. The monoisotopic (exact) mass is 283 g/mol. The van der Waals surface area contributed by atoms with Gasteiger partial charge >= 0.3 is 5.82 Å². The summed E-state index contributed by atoms with van der Waals surface area (Å²) >= 11 is 3.34. The largest absolute Gasteiger partial charge is 0.358 e. The van der Waals surface area contributed by atoms with Crippen molar-refractivity contribution < 1.29 is 4.92 Å². The summed E-state index contributed by atoms with van der Waals surface area (Å²) < 4.78 is 2.25. The van der Waals surface area contributed by atoms with Crippen LogP contribution in [0.2, 0.25) is 0 Å². The molecular formula is C10H10BrN3O2. The second kappa shape index (κ2) is 3.86. The van der Waals surface area contributed by atoms with E-state index in [2.05, 4.69) is 21.0 Å². The van der Waals surface area contributed by atoms with Crippen molar-refractivity contribution in [2.75, 3.05) is 0 Å². The van der Waals surface area contributed by atoms with Gasteiger partial charge < -0.3 is 10.1 Å². The zero-order valence-electron chi connectivity index (χ0n) is 8.90. The van der Waals surface area contributed by atoms with Crippen LogP contribution >= 0.6 is 15.9 Å². The maximum atomic E-state index is 11.0. The average molecular weight is 284 g/mol. The SMILES string of the molecule is CCn1nc2c(C)cc(Br)cc2c1[N+](=O)[O-]. The third-order valence-corrected chi connectivity index (χ3v) is 2.90. The normalized spacial score (nSPS) is 10.9. The fourth-order valence-electron chi connectivity index (χ4n) is 1.76. The molecule has 0 aliphatic carbocycles. The van der Waals surface area contributed by atoms with E-state index in [-0.39, 0.29) is 10.7 Å². The molecule has 0 fully saturated rings. The van der Waals surface area contributed by atoms with Crippen LogP contribution in [0.5, 0.6) is 0 Å². The van der Waals surface area contributed by atoms with Crippen molar-refractivity contribution in [3.05, 3.63) is 32.3 Å². The fourth-order valence-corrected chi connectivity index (χ4v) is 2.33. The summed E-state index contributed by atoms with van der Waals surface area (Å²) in [7, 11) is 0. The number of hydrogen-bond acceptors (Lipinski definition) is 3. The van der Waals surface area contributed by atoms with E-state index in [0.717, 1.165) is 10.0 Å². The molecule has 2 rings (SSSR count). The van der Waals surface area contributed by atoms with Gasteiger partial charge in [0.2, 0.25) is 0 Å². The number of benzene rings is 1. The number of nitrogens with zero attached hydrogens (tertiary/aromatic N) is 3. The third kappa shape index (κ3) is 1.59. The summed E-state index contributed by atoms with van der Waals surface area (Å²) in [5.41, 5.74) is 1.62. The van der Waals surface area contributed by atoms with Crippen LogP contribution in [0.25, 0.3) is 10.9 Å². The summed E-state index contributed by atoms with van der Waals surface area (Å²) in [6.07, 6.45) is 0. The molecule has 1 aromatic heterocycles. The second-order valence-corrected chi connectivity index (χ2v) is 4.43. The molecule has 84 valence electrons. The van der Waals surface area contributed by atoms with E-state index in [1.807, 2.05) is 19.9 Å². The van der Waals surface area contributed by atoms with E-state index >= 15 is 0 Å². The maximum absolute atomic E-state index is 11.0. The fraction of sp³-hybridized carbons (Fsp3) is 0.300. The van der Waals surface area contributed by atoms with Crippen LogP contribution in [-0.4, -0.2) is 14.7 Å². The molecule has 0 aliphatic heterocycles. The van der Waals surface area contributed by atoms with Gasteiger partial charge in [-0.3, -0.25) is 0 Å². The van der Waals surface area contributed by atoms with Gasteiger partial charge in [0, 0.05) is 4.47 Å². The first-order valence-electron chi connectivity index (χ1n) is 4.85. The summed E-state index contributed by atoms with van der Waals surface area (Å²) in [5.74, 6) is 0.0573. The summed E-state index contributed by atoms with van der Waals surface area (Å²) in [5, 5.41) is 15.8. The van der Waals surface area contributed by atoms with E-state index in [0.29, 0.717) is 17.4 Å². The van der Waals surface area contributed by atoms with Crippen LogP contribution in [0.4, 0.5) is 5.82 Å². The topological polar surface area (TPSA) is 61.0 Å². The minimum Gasteiger partial charge on any atom is -0.358 e. The predicted molar refractivity (Wildman–Crippen MR) is 64.5 cm³/mol. The number of aromatic nitrogens is 2. The predicted octanol–water partition coefficient (Wildman–Crippen LogP) is 3.04. The molecule has 0 spiro atoms. The Hall–Kier alpha value is -1.43. The molecule has 1 heterocycles. The quantitative estimate of drug-likeness (QED) is 0.629. The molecule has 2 aromatic rings. The Labute approximate surface area is 100 Å². The lowest BCUT2D eigenvalue weighted by atomic mass is 10.1. The molecular weight excluding hydrogens is 274 g/mol. The molecule has 0 saturated carbocycles. The Morgan fingerprint density at radius 1 is 1.56 bits per heavy atom. The van der Waals surface area contributed by atoms with E-state index in [9.17, 15) is 10.1 Å². The molecule has 16 heavy (non-hydrogen) atoms. The Balaban J connectivity index is 2.89. The first-order valence-corrected chi connectivity index (χ1v) is 5.65. The summed E-state index contributed by atoms with van der Waals surface area (Å²) in [6.45, 7) is 4.22. The van der Waals surface area contributed by atoms with Crippen LogP contribution in [0.1, 0.15) is 12.5 Å². The van der Waals surface area contributed by atoms with Gasteiger partial charge in [0.15, 0.2) is 0 Å². The highest BCUT2D eigenvalue weighted by atomic mass is 79.9. The van der Waals surface area contributed by atoms with Crippen molar-refractivity contribution in [2.45, 2.75) is 20.4 Å². The molecule has 0 unspecified atom stereocenters. The van der Waals surface area contributed by atoms with Crippen LogP contribution in [0.3, 0.4) is 0 Å². The van der Waals surface area contributed by atoms with Crippen molar-refractivity contribution in [1.82, 2.24) is 9.78 Å². The van der Waals surface area contributed by atoms with Gasteiger partial charge in [0.25, 0.3) is 0 Å². The molecule has 0 aliphatic rings. The van der Waals surface area contributed by atoms with Gasteiger partial charge in [-0.2, -0.15) is 0 Å². The lowest BCUT2D eigenvalue weighted by Gasteiger charge is -1.96. The average Bonchev–Trinajstić information content (AvgIpc) is 2.56. The number of halogens is 1. The number of nitro groups is 1. The number of hydrogen-bond donors (Lipinski definition) is 0. The molecule has 1 aromatic carbocycles. The Bertz CT molecular complexity index is 577. The van der Waals surface area contributed by atoms with Crippen molar-refractivity contribution in [3.8, 4) is 0 Å². The third-order valence-electron chi connectivity index (χ3n) is 2.44. The van der Waals surface area contributed by atoms with Gasteiger partial charge in [-0.25, -0.2) is 0 Å². The Morgan fingerprint density at radius 3 is 2.81 bits per heavy atom. The molecule has 6 heteroatoms. The molecule has 0 radical (unpaired) electrons. The number of aryl methyl sites for hydroxylation is 2. The van der Waals surface area contributed by atoms with Crippen LogP contribution in [0, 0.1) is 17.0 Å². The molecule has 0 saturated heterocycles. The minimum atomic E-state index is -0.384. The van der Waals surface area contributed by atoms with Gasteiger partial charge in [0.1, 0.15) is 17.4 Å². The van der Waals surface area contributed by atoms with E-state index < -0.39 is 0 Å². The van der Waals surface area contributed by atoms with Crippen molar-refractivity contribution in [1.29, 1.82) is 0 Å². The molecule has 0 amide bonds. The van der Waals surface area contributed by atoms with Crippen molar-refractivity contribution in [3.63, 3.8) is 0 Å². The van der Waals surface area contributed by atoms with Crippen molar-refractivity contribution in [2.24, 2.45) is 0 Å². The zero-order chi connectivity index (χ0) is 11.9. The van der Waals surface area contributed by atoms with Crippen LogP contribution < -0.4 is 0 Å². The summed E-state index contributed by atoms with van der Waals surface area (Å²) in [6, 6.07) is 3.64. The lowest BCUT2D eigenvalue weighted by molar-refractivity contribution is -0.390. The van der Waals surface area contributed by atoms with E-state index in [4.69, 9.17) is 0 Å². The Morgan fingerprint density at radius 2 is 2.25 bits per heavy atom.